The van der Waals surface area contributed by atoms with Crippen LogP contribution in [0.5, 0.6) is 0 Å². The van der Waals surface area contributed by atoms with E-state index in [-0.39, 0.29) is 17.8 Å². The summed E-state index contributed by atoms with van der Waals surface area (Å²) in [6, 6.07) is 18.3. The molecule has 0 aliphatic carbocycles. The Kier molecular flexibility index (Phi) is 8.02. The molecular formula is C31H37O3P. The largest absolute Gasteiger partial charge is 0.302 e. The van der Waals surface area contributed by atoms with Gasteiger partial charge in [0.05, 0.1) is 0 Å². The van der Waals surface area contributed by atoms with E-state index >= 15 is 4.57 Å². The van der Waals surface area contributed by atoms with Crippen LogP contribution in [0, 0.1) is 13.8 Å². The van der Waals surface area contributed by atoms with Gasteiger partial charge in [-0.2, -0.15) is 0 Å². The minimum absolute atomic E-state index is 0.0103. The van der Waals surface area contributed by atoms with Gasteiger partial charge in [-0.3, -0.25) is 9.59 Å². The molecule has 0 aliphatic heterocycles. The summed E-state index contributed by atoms with van der Waals surface area (Å²) in [6.45, 7) is 16.1. The highest BCUT2D eigenvalue weighted by Gasteiger charge is 2.47. The van der Waals surface area contributed by atoms with Crippen LogP contribution in [0.4, 0.5) is 0 Å². The molecule has 0 bridgehead atoms. The summed E-state index contributed by atoms with van der Waals surface area (Å²) in [5, 5.41) is 0.438. The Balaban J connectivity index is 2.50. The highest BCUT2D eigenvalue weighted by Crippen LogP contribution is 2.55. The third-order valence-electron chi connectivity index (χ3n) is 6.70. The van der Waals surface area contributed by atoms with Crippen LogP contribution in [0.25, 0.3) is 0 Å². The normalized spacial score (nSPS) is 13.3. The first kappa shape index (κ1) is 26.8. The van der Waals surface area contributed by atoms with Crippen LogP contribution >= 0.6 is 7.14 Å². The molecule has 3 nitrogen and oxygen atoms in total. The highest BCUT2D eigenvalue weighted by molar-refractivity contribution is 8.01. The number of hydrogen-bond donors (Lipinski definition) is 0. The molecule has 1 unspecified atom stereocenters. The molecule has 3 aromatic rings. The minimum atomic E-state index is -4.26. The maximum atomic E-state index is 15.4. The summed E-state index contributed by atoms with van der Waals surface area (Å²) in [6.07, 6.45) is 0. The van der Waals surface area contributed by atoms with E-state index < -0.39 is 18.2 Å². The van der Waals surface area contributed by atoms with E-state index in [9.17, 15) is 9.59 Å². The maximum Gasteiger partial charge on any atom is 0.249 e. The molecule has 0 spiro atoms. The lowest BCUT2D eigenvalue weighted by atomic mass is 9.89. The standard InChI is InChI=1S/C31H37O3P/c1-19(2)25-17-26(20(3)4)29(27(18-25)21(5)6)35(34,30(32)24-15-10-9-11-16-24)31(33)28-22(7)13-12-14-23(28)8/h9-21H,1-8H3. The second-order valence-corrected chi connectivity index (χ2v) is 12.8. The molecule has 0 heterocycles. The summed E-state index contributed by atoms with van der Waals surface area (Å²) in [4.78, 5) is 28.6. The number of carbonyl (C=O) groups is 2. The average molecular weight is 489 g/mol. The van der Waals surface area contributed by atoms with E-state index in [0.717, 1.165) is 27.8 Å². The SMILES string of the molecule is Cc1cccc(C)c1C(=O)P(=O)(C(=O)c1ccccc1)c1c(C(C)C)cc(C(C)C)cc1C(C)C. The fraction of sp³-hybridized carbons (Fsp3) is 0.355. The van der Waals surface area contributed by atoms with E-state index in [1.165, 1.54) is 0 Å². The van der Waals surface area contributed by atoms with Crippen molar-refractivity contribution in [3.8, 4) is 0 Å². The molecule has 3 rings (SSSR count). The Morgan fingerprint density at radius 2 is 1.14 bits per heavy atom. The van der Waals surface area contributed by atoms with Gasteiger partial charge in [0.1, 0.15) is 0 Å². The molecule has 184 valence electrons. The van der Waals surface area contributed by atoms with E-state index in [1.54, 1.807) is 24.3 Å². The monoisotopic (exact) mass is 488 g/mol. The van der Waals surface area contributed by atoms with E-state index in [2.05, 4.69) is 26.0 Å². The first-order chi connectivity index (χ1) is 16.4. The number of aryl methyl sites for hydroxylation is 2. The maximum absolute atomic E-state index is 15.4. The zero-order chi connectivity index (χ0) is 26.1. The molecule has 0 aromatic heterocycles. The third kappa shape index (κ3) is 4.98. The van der Waals surface area contributed by atoms with Crippen molar-refractivity contribution in [2.24, 2.45) is 0 Å². The molecule has 35 heavy (non-hydrogen) atoms. The van der Waals surface area contributed by atoms with Crippen molar-refractivity contribution in [2.45, 2.75) is 73.1 Å². The molecule has 0 amide bonds. The Morgan fingerprint density at radius 3 is 1.57 bits per heavy atom. The fourth-order valence-electron chi connectivity index (χ4n) is 4.65. The number of carbonyl (C=O) groups excluding carboxylic acids is 2. The quantitative estimate of drug-likeness (QED) is 0.299. The van der Waals surface area contributed by atoms with Gasteiger partial charge in [-0.1, -0.05) is 102 Å². The number of benzene rings is 3. The van der Waals surface area contributed by atoms with Crippen LogP contribution in [0.2, 0.25) is 0 Å². The zero-order valence-corrected chi connectivity index (χ0v) is 23.1. The Morgan fingerprint density at radius 1 is 0.657 bits per heavy atom. The van der Waals surface area contributed by atoms with Crippen LogP contribution in [0.1, 0.15) is 108 Å². The molecular weight excluding hydrogens is 451 g/mol. The Bertz CT molecular complexity index is 1250. The fourth-order valence-corrected chi connectivity index (χ4v) is 7.79. The van der Waals surface area contributed by atoms with Gasteiger partial charge in [0.25, 0.3) is 0 Å². The van der Waals surface area contributed by atoms with Crippen LogP contribution in [0.15, 0.2) is 60.7 Å². The van der Waals surface area contributed by atoms with Crippen LogP contribution in [0.3, 0.4) is 0 Å². The van der Waals surface area contributed by atoms with Crippen molar-refractivity contribution in [1.82, 2.24) is 0 Å². The lowest BCUT2D eigenvalue weighted by Gasteiger charge is -2.28. The molecule has 0 fully saturated rings. The van der Waals surface area contributed by atoms with Gasteiger partial charge in [0, 0.05) is 16.4 Å². The van der Waals surface area contributed by atoms with E-state index in [0.29, 0.717) is 16.4 Å². The van der Waals surface area contributed by atoms with Gasteiger partial charge in [-0.15, -0.1) is 0 Å². The summed E-state index contributed by atoms with van der Waals surface area (Å²) >= 11 is 0. The zero-order valence-electron chi connectivity index (χ0n) is 22.2. The number of rotatable bonds is 8. The van der Waals surface area contributed by atoms with Gasteiger partial charge in [0.15, 0.2) is 0 Å². The summed E-state index contributed by atoms with van der Waals surface area (Å²) in [5.74, 6) is 0.241. The topological polar surface area (TPSA) is 51.2 Å². The van der Waals surface area contributed by atoms with Crippen LogP contribution in [-0.2, 0) is 4.57 Å². The smallest absolute Gasteiger partial charge is 0.249 e. The molecule has 0 saturated carbocycles. The summed E-state index contributed by atoms with van der Waals surface area (Å²) in [7, 11) is -4.26. The predicted octanol–water partition coefficient (Wildman–Crippen LogP) is 8.34. The second kappa shape index (κ2) is 10.5. The molecule has 0 aliphatic rings. The van der Waals surface area contributed by atoms with E-state index in [1.807, 2.05) is 65.8 Å². The van der Waals surface area contributed by atoms with Gasteiger partial charge < -0.3 is 4.57 Å². The Hall–Kier alpha value is -2.77. The lowest BCUT2D eigenvalue weighted by Crippen LogP contribution is -2.29. The summed E-state index contributed by atoms with van der Waals surface area (Å²) < 4.78 is 15.4. The van der Waals surface area contributed by atoms with Crippen LogP contribution < -0.4 is 5.30 Å². The first-order valence-corrected chi connectivity index (χ1v) is 14.1. The average Bonchev–Trinajstić information content (AvgIpc) is 2.82. The first-order valence-electron chi connectivity index (χ1n) is 12.4. The van der Waals surface area contributed by atoms with Crippen molar-refractivity contribution in [2.75, 3.05) is 0 Å². The van der Waals surface area contributed by atoms with Crippen LogP contribution in [-0.4, -0.2) is 11.0 Å². The van der Waals surface area contributed by atoms with Crippen molar-refractivity contribution >= 4 is 23.5 Å². The van der Waals surface area contributed by atoms with Crippen molar-refractivity contribution in [3.63, 3.8) is 0 Å². The van der Waals surface area contributed by atoms with Gasteiger partial charge >= 0.3 is 0 Å². The molecule has 0 N–H and O–H groups in total. The minimum Gasteiger partial charge on any atom is -0.302 e. The highest BCUT2D eigenvalue weighted by atomic mass is 31.2. The van der Waals surface area contributed by atoms with Crippen molar-refractivity contribution in [3.05, 3.63) is 99.6 Å². The molecule has 3 aromatic carbocycles. The molecule has 0 saturated heterocycles. The number of hydrogen-bond acceptors (Lipinski definition) is 3. The molecule has 0 radical (unpaired) electrons. The Labute approximate surface area is 210 Å². The van der Waals surface area contributed by atoms with Gasteiger partial charge in [0.2, 0.25) is 18.2 Å². The van der Waals surface area contributed by atoms with E-state index in [4.69, 9.17) is 0 Å². The molecule has 1 atom stereocenters. The van der Waals surface area contributed by atoms with Gasteiger partial charge in [-0.25, -0.2) is 0 Å². The molecule has 4 heteroatoms. The summed E-state index contributed by atoms with van der Waals surface area (Å²) in [5.41, 5.74) is 3.76. The van der Waals surface area contributed by atoms with Crippen molar-refractivity contribution in [1.29, 1.82) is 0 Å². The van der Waals surface area contributed by atoms with Gasteiger partial charge in [-0.05, 0) is 59.4 Å². The van der Waals surface area contributed by atoms with Crippen molar-refractivity contribution < 1.29 is 14.2 Å². The lowest BCUT2D eigenvalue weighted by molar-refractivity contribution is 0.104. The second-order valence-electron chi connectivity index (χ2n) is 10.4. The third-order valence-corrected chi connectivity index (χ3v) is 9.48. The predicted molar refractivity (Wildman–Crippen MR) is 147 cm³/mol.